The largest absolute Gasteiger partial charge is 0.416 e. The van der Waals surface area contributed by atoms with Crippen LogP contribution in [0.4, 0.5) is 26.3 Å². The van der Waals surface area contributed by atoms with E-state index in [1.54, 1.807) is 0 Å². The summed E-state index contributed by atoms with van der Waals surface area (Å²) < 4.78 is 131. The van der Waals surface area contributed by atoms with Gasteiger partial charge >= 0.3 is 12.4 Å². The molecule has 2 heterocycles. The standard InChI is InChI=1S/C24H30F6N2O5S2/c1-14(38(34,35)18-4-2-3-16(13-18)23(25,26)27)15-9-11-32(12-10-15)22(33)19-7-8-20(24(28,29)30)31-21(19)39(36,37)17-5-6-17/h2-4,13-15,17,19-21,31H,5-12H2,1H3/t14-,19?,20?,21?/m0/s1. The number of rotatable bonds is 6. The molecular weight excluding hydrogens is 574 g/mol. The maximum Gasteiger partial charge on any atom is 0.416 e. The Morgan fingerprint density at radius 1 is 0.949 bits per heavy atom. The van der Waals surface area contributed by atoms with Gasteiger partial charge < -0.3 is 4.90 Å². The lowest BCUT2D eigenvalue weighted by atomic mass is 9.90. The summed E-state index contributed by atoms with van der Waals surface area (Å²) in [7, 11) is -8.15. The lowest BCUT2D eigenvalue weighted by Gasteiger charge is -2.41. The highest BCUT2D eigenvalue weighted by atomic mass is 32.2. The molecule has 2 aliphatic heterocycles. The van der Waals surface area contributed by atoms with Gasteiger partial charge in [0.2, 0.25) is 5.91 Å². The lowest BCUT2D eigenvalue weighted by Crippen LogP contribution is -2.61. The van der Waals surface area contributed by atoms with Crippen LogP contribution in [0.25, 0.3) is 0 Å². The number of benzene rings is 1. The molecule has 15 heteroatoms. The predicted octanol–water partition coefficient (Wildman–Crippen LogP) is 3.94. The fraction of sp³-hybridized carbons (Fsp3) is 0.708. The van der Waals surface area contributed by atoms with Crippen LogP contribution < -0.4 is 5.32 Å². The topological polar surface area (TPSA) is 101 Å². The Bertz CT molecular complexity index is 1290. The lowest BCUT2D eigenvalue weighted by molar-refractivity contribution is -0.166. The Kier molecular flexibility index (Phi) is 8.11. The van der Waals surface area contributed by atoms with Gasteiger partial charge in [0.15, 0.2) is 19.7 Å². The second kappa shape index (κ2) is 10.5. The number of hydrogen-bond acceptors (Lipinski definition) is 6. The van der Waals surface area contributed by atoms with Crippen molar-refractivity contribution in [1.29, 1.82) is 0 Å². The monoisotopic (exact) mass is 604 g/mol. The van der Waals surface area contributed by atoms with Crippen molar-refractivity contribution in [2.24, 2.45) is 11.8 Å². The highest BCUT2D eigenvalue weighted by Gasteiger charge is 2.54. The summed E-state index contributed by atoms with van der Waals surface area (Å²) in [6.45, 7) is 1.51. The van der Waals surface area contributed by atoms with Gasteiger partial charge in [-0.1, -0.05) is 6.07 Å². The van der Waals surface area contributed by atoms with Gasteiger partial charge in [-0.05, 0) is 69.6 Å². The van der Waals surface area contributed by atoms with Crippen LogP contribution in [0.2, 0.25) is 0 Å². The van der Waals surface area contributed by atoms with Crippen LogP contribution in [0, 0.1) is 11.8 Å². The molecule has 0 aromatic heterocycles. The number of nitrogens with one attached hydrogen (secondary N) is 1. The molecule has 3 fully saturated rings. The van der Waals surface area contributed by atoms with Gasteiger partial charge in [0.25, 0.3) is 0 Å². The van der Waals surface area contributed by atoms with Crippen molar-refractivity contribution < 1.29 is 48.0 Å². The van der Waals surface area contributed by atoms with E-state index in [0.717, 1.165) is 18.2 Å². The molecule has 0 spiro atoms. The van der Waals surface area contributed by atoms with Gasteiger partial charge in [-0.25, -0.2) is 16.8 Å². The molecule has 220 valence electrons. The smallest absolute Gasteiger partial charge is 0.342 e. The molecule has 1 N–H and O–H groups in total. The van der Waals surface area contributed by atoms with E-state index < -0.39 is 88.6 Å². The zero-order valence-electron chi connectivity index (χ0n) is 21.0. The van der Waals surface area contributed by atoms with Gasteiger partial charge in [0, 0.05) is 13.1 Å². The second-order valence-corrected chi connectivity index (χ2v) is 15.2. The SMILES string of the molecule is C[C@@H](C1CCN(C(=O)C2CCC(C(F)(F)F)NC2S(=O)(=O)C2CC2)CC1)S(=O)(=O)c1cccc(C(F)(F)F)c1. The Morgan fingerprint density at radius 3 is 2.10 bits per heavy atom. The van der Waals surface area contributed by atoms with E-state index in [4.69, 9.17) is 0 Å². The summed E-state index contributed by atoms with van der Waals surface area (Å²) in [6.07, 6.45) is -9.02. The van der Waals surface area contributed by atoms with Crippen molar-refractivity contribution in [1.82, 2.24) is 10.2 Å². The predicted molar refractivity (Wildman–Crippen MR) is 129 cm³/mol. The van der Waals surface area contributed by atoms with E-state index >= 15 is 0 Å². The Balaban J connectivity index is 1.45. The second-order valence-electron chi connectivity index (χ2n) is 10.6. The molecule has 1 amide bonds. The molecule has 3 unspecified atom stereocenters. The fourth-order valence-electron chi connectivity index (χ4n) is 5.48. The number of carbonyl (C=O) groups is 1. The minimum atomic E-state index is -4.71. The number of amides is 1. The maximum absolute atomic E-state index is 13.4. The molecule has 2 saturated heterocycles. The van der Waals surface area contributed by atoms with Gasteiger partial charge in [0.1, 0.15) is 11.4 Å². The van der Waals surface area contributed by atoms with E-state index in [1.165, 1.54) is 11.8 Å². The molecule has 1 aromatic rings. The van der Waals surface area contributed by atoms with Gasteiger partial charge in [-0.2, -0.15) is 26.3 Å². The summed E-state index contributed by atoms with van der Waals surface area (Å²) in [5.41, 5.74) is -1.08. The third-order valence-corrected chi connectivity index (χ3v) is 12.9. The zero-order chi connectivity index (χ0) is 29.0. The van der Waals surface area contributed by atoms with E-state index in [9.17, 15) is 48.0 Å². The Morgan fingerprint density at radius 2 is 1.56 bits per heavy atom. The van der Waals surface area contributed by atoms with Crippen LogP contribution in [-0.4, -0.2) is 68.8 Å². The van der Waals surface area contributed by atoms with E-state index in [-0.39, 0.29) is 32.4 Å². The minimum Gasteiger partial charge on any atom is -0.342 e. The summed E-state index contributed by atoms with van der Waals surface area (Å²) in [4.78, 5) is 14.3. The number of carbonyl (C=O) groups excluding carboxylic acids is 1. The number of sulfone groups is 2. The highest BCUT2D eigenvalue weighted by Crippen LogP contribution is 2.40. The first-order valence-corrected chi connectivity index (χ1v) is 15.8. The molecule has 7 nitrogen and oxygen atoms in total. The average molecular weight is 605 g/mol. The molecule has 39 heavy (non-hydrogen) atoms. The number of hydrogen-bond donors (Lipinski definition) is 1. The minimum absolute atomic E-state index is 0.0569. The van der Waals surface area contributed by atoms with Crippen molar-refractivity contribution >= 4 is 25.6 Å². The van der Waals surface area contributed by atoms with Gasteiger partial charge in [-0.3, -0.25) is 10.1 Å². The van der Waals surface area contributed by atoms with Crippen LogP contribution >= 0.6 is 0 Å². The molecule has 4 rings (SSSR count). The number of likely N-dealkylation sites (tertiary alicyclic amines) is 1. The van der Waals surface area contributed by atoms with E-state index in [1.807, 2.05) is 0 Å². The van der Waals surface area contributed by atoms with Crippen LogP contribution in [-0.2, 0) is 30.6 Å². The molecule has 1 aromatic carbocycles. The Labute approximate surface area is 223 Å². The van der Waals surface area contributed by atoms with E-state index in [0.29, 0.717) is 18.9 Å². The first-order valence-electron chi connectivity index (χ1n) is 12.7. The normalized spacial score (nSPS) is 26.8. The van der Waals surface area contributed by atoms with Crippen molar-refractivity contribution in [3.63, 3.8) is 0 Å². The van der Waals surface area contributed by atoms with Gasteiger partial charge in [0.05, 0.1) is 26.9 Å². The molecule has 4 atom stereocenters. The summed E-state index contributed by atoms with van der Waals surface area (Å²) in [5.74, 6) is -2.28. The third kappa shape index (κ3) is 6.24. The van der Waals surface area contributed by atoms with Crippen molar-refractivity contribution in [2.45, 2.75) is 84.6 Å². The molecule has 0 radical (unpaired) electrons. The van der Waals surface area contributed by atoms with Crippen LogP contribution in [0.3, 0.4) is 0 Å². The molecule has 3 aliphatic rings. The maximum atomic E-state index is 13.4. The fourth-order valence-corrected chi connectivity index (χ4v) is 9.52. The first kappa shape index (κ1) is 30.1. The van der Waals surface area contributed by atoms with Crippen molar-refractivity contribution in [3.05, 3.63) is 29.8 Å². The van der Waals surface area contributed by atoms with Crippen molar-refractivity contribution in [3.8, 4) is 0 Å². The van der Waals surface area contributed by atoms with Crippen LogP contribution in [0.15, 0.2) is 29.2 Å². The third-order valence-electron chi connectivity index (χ3n) is 8.05. The summed E-state index contributed by atoms with van der Waals surface area (Å²) in [6, 6.07) is 1.46. The highest BCUT2D eigenvalue weighted by molar-refractivity contribution is 7.93. The quantitative estimate of drug-likeness (QED) is 0.494. The first-order chi connectivity index (χ1) is 17.9. The molecule has 1 saturated carbocycles. The number of halogens is 6. The summed E-state index contributed by atoms with van der Waals surface area (Å²) in [5, 5.41) is -1.30. The molecule has 1 aliphatic carbocycles. The van der Waals surface area contributed by atoms with E-state index in [2.05, 4.69) is 5.32 Å². The van der Waals surface area contributed by atoms with Crippen LogP contribution in [0.1, 0.15) is 51.0 Å². The van der Waals surface area contributed by atoms with Crippen molar-refractivity contribution in [2.75, 3.05) is 13.1 Å². The molecule has 0 bridgehead atoms. The number of alkyl halides is 6. The number of piperidine rings is 2. The zero-order valence-corrected chi connectivity index (χ0v) is 22.6. The summed E-state index contributed by atoms with van der Waals surface area (Å²) >= 11 is 0. The average Bonchev–Trinajstić information content (AvgIpc) is 3.73. The van der Waals surface area contributed by atoms with Gasteiger partial charge in [-0.15, -0.1) is 0 Å². The number of nitrogens with zero attached hydrogens (tertiary/aromatic N) is 1. The molecular formula is C24H30F6N2O5S2. The van der Waals surface area contributed by atoms with Crippen LogP contribution in [0.5, 0.6) is 0 Å². The Hall–Kier alpha value is -1.87.